The van der Waals surface area contributed by atoms with E-state index in [0.717, 1.165) is 20.8 Å². The Hall–Kier alpha value is -2.69. The lowest BCUT2D eigenvalue weighted by molar-refractivity contribution is -0.294. The largest absolute Gasteiger partial charge is 0.463 e. The normalized spacial score (nSPS) is 31.1. The molecule has 2 rings (SSSR count). The number of carbonyl (C=O) groups excluding carboxylic acids is 5. The van der Waals surface area contributed by atoms with Gasteiger partial charge in [-0.2, -0.15) is 0 Å². The van der Waals surface area contributed by atoms with Gasteiger partial charge < -0.3 is 29.0 Å². The Labute approximate surface area is 173 Å². The molecule has 1 N–H and O–H groups in total. The van der Waals surface area contributed by atoms with Crippen LogP contribution in [0.15, 0.2) is 0 Å². The molecule has 1 amide bonds. The third-order valence-corrected chi connectivity index (χ3v) is 4.71. The van der Waals surface area contributed by atoms with Gasteiger partial charge in [0.1, 0.15) is 12.7 Å². The summed E-state index contributed by atoms with van der Waals surface area (Å²) in [7, 11) is 0. The number of amides is 1. The molecule has 2 heterocycles. The van der Waals surface area contributed by atoms with Gasteiger partial charge in [-0.15, -0.1) is 0 Å². The summed E-state index contributed by atoms with van der Waals surface area (Å²) in [5, 5.41) is 2.73. The first-order chi connectivity index (χ1) is 14.0. The van der Waals surface area contributed by atoms with Gasteiger partial charge >= 0.3 is 23.9 Å². The molecular weight excluding hydrogens is 402 g/mol. The molecule has 0 unspecified atom stereocenters. The van der Waals surface area contributed by atoms with Gasteiger partial charge in [0.2, 0.25) is 5.91 Å². The van der Waals surface area contributed by atoms with Gasteiger partial charge in [-0.1, -0.05) is 0 Å². The van der Waals surface area contributed by atoms with E-state index >= 15 is 0 Å². The zero-order valence-electron chi connectivity index (χ0n) is 17.4. The molecule has 0 aromatic rings. The van der Waals surface area contributed by atoms with Crippen LogP contribution >= 0.6 is 0 Å². The summed E-state index contributed by atoms with van der Waals surface area (Å²) in [5.41, 5.74) is -1.55. The van der Waals surface area contributed by atoms with Crippen molar-refractivity contribution in [1.82, 2.24) is 5.32 Å². The molecule has 0 aliphatic carbocycles. The monoisotopic (exact) mass is 429 g/mol. The van der Waals surface area contributed by atoms with Crippen molar-refractivity contribution in [2.24, 2.45) is 0 Å². The van der Waals surface area contributed by atoms with E-state index < -0.39 is 54.0 Å². The predicted octanol–water partition coefficient (Wildman–Crippen LogP) is 0.130. The molecule has 0 saturated carbocycles. The van der Waals surface area contributed by atoms with E-state index in [9.17, 15) is 24.0 Å². The van der Waals surface area contributed by atoms with Crippen LogP contribution in [0, 0.1) is 0 Å². The summed E-state index contributed by atoms with van der Waals surface area (Å²) in [6.45, 7) is 4.30. The molecule has 168 valence electrons. The quantitative estimate of drug-likeness (QED) is 0.473. The SMILES string of the molecule is CC(=O)OC[C@H]1O[C@]2(CCCCC(=O)N2)[C@H](OC(C)=O)[C@@H](OC(C)=O)[C@H]1OC(C)=O. The van der Waals surface area contributed by atoms with Crippen LogP contribution in [-0.2, 0) is 47.7 Å². The highest BCUT2D eigenvalue weighted by atomic mass is 16.7. The fourth-order valence-electron chi connectivity index (χ4n) is 3.71. The van der Waals surface area contributed by atoms with Crippen molar-refractivity contribution in [3.05, 3.63) is 0 Å². The zero-order valence-corrected chi connectivity index (χ0v) is 17.4. The van der Waals surface area contributed by atoms with E-state index in [-0.39, 0.29) is 25.4 Å². The van der Waals surface area contributed by atoms with Crippen LogP contribution in [0.1, 0.15) is 53.4 Å². The van der Waals surface area contributed by atoms with Crippen molar-refractivity contribution < 1.29 is 47.7 Å². The first-order valence-electron chi connectivity index (χ1n) is 9.68. The standard InChI is InChI=1S/C19H27NO10/c1-10(21)26-9-14-16(27-11(2)22)17(28-12(3)23)18(29-13(4)24)19(30-14)8-6-5-7-15(25)20-19/h14,16-18H,5-9H2,1-4H3,(H,20,25)/t14-,16+,17+,18-,19-/m1/s1. The fraction of sp³-hybridized carbons (Fsp3) is 0.737. The van der Waals surface area contributed by atoms with Crippen LogP contribution in [0.4, 0.5) is 0 Å². The van der Waals surface area contributed by atoms with Crippen LogP contribution in [0.2, 0.25) is 0 Å². The molecule has 0 bridgehead atoms. The van der Waals surface area contributed by atoms with Gasteiger partial charge in [0.05, 0.1) is 0 Å². The number of nitrogens with one attached hydrogen (secondary N) is 1. The average molecular weight is 429 g/mol. The van der Waals surface area contributed by atoms with Crippen molar-refractivity contribution in [3.63, 3.8) is 0 Å². The third kappa shape index (κ3) is 5.91. The van der Waals surface area contributed by atoms with Crippen molar-refractivity contribution in [2.45, 2.75) is 83.5 Å². The Morgan fingerprint density at radius 1 is 0.933 bits per heavy atom. The summed E-state index contributed by atoms with van der Waals surface area (Å²) in [5.74, 6) is -3.10. The summed E-state index contributed by atoms with van der Waals surface area (Å²) in [4.78, 5) is 59.1. The van der Waals surface area contributed by atoms with E-state index in [1.165, 1.54) is 6.92 Å². The van der Waals surface area contributed by atoms with Crippen LogP contribution in [0.5, 0.6) is 0 Å². The lowest BCUT2D eigenvalue weighted by Crippen LogP contribution is -2.73. The number of ether oxygens (including phenoxy) is 5. The second kappa shape index (κ2) is 9.88. The van der Waals surface area contributed by atoms with Gasteiger partial charge in [0.25, 0.3) is 0 Å². The minimum absolute atomic E-state index is 0.234. The van der Waals surface area contributed by atoms with Crippen molar-refractivity contribution >= 4 is 29.8 Å². The highest BCUT2D eigenvalue weighted by Crippen LogP contribution is 2.38. The Morgan fingerprint density at radius 3 is 2.10 bits per heavy atom. The first kappa shape index (κ1) is 23.6. The van der Waals surface area contributed by atoms with E-state index in [1.54, 1.807) is 0 Å². The lowest BCUT2D eigenvalue weighted by atomic mass is 9.87. The highest BCUT2D eigenvalue weighted by molar-refractivity contribution is 5.77. The molecule has 30 heavy (non-hydrogen) atoms. The van der Waals surface area contributed by atoms with Gasteiger partial charge in [-0.05, 0) is 19.3 Å². The van der Waals surface area contributed by atoms with Crippen molar-refractivity contribution in [3.8, 4) is 0 Å². The van der Waals surface area contributed by atoms with E-state index in [1.807, 2.05) is 0 Å². The van der Waals surface area contributed by atoms with Crippen molar-refractivity contribution in [1.29, 1.82) is 0 Å². The van der Waals surface area contributed by atoms with E-state index in [0.29, 0.717) is 12.8 Å². The predicted molar refractivity (Wildman–Crippen MR) is 97.5 cm³/mol. The Bertz CT molecular complexity index is 707. The maximum Gasteiger partial charge on any atom is 0.303 e. The van der Waals surface area contributed by atoms with Gasteiger partial charge in [-0.3, -0.25) is 24.0 Å². The minimum Gasteiger partial charge on any atom is -0.463 e. The number of esters is 4. The fourth-order valence-corrected chi connectivity index (χ4v) is 3.71. The summed E-state index contributed by atoms with van der Waals surface area (Å²) in [6, 6.07) is 0. The molecular formula is C19H27NO10. The number of hydrogen-bond acceptors (Lipinski definition) is 10. The molecule has 1 spiro atoms. The summed E-state index contributed by atoms with van der Waals surface area (Å²) >= 11 is 0. The zero-order chi connectivity index (χ0) is 22.5. The Morgan fingerprint density at radius 2 is 1.53 bits per heavy atom. The Kier molecular flexibility index (Phi) is 7.77. The van der Waals surface area contributed by atoms with Gasteiger partial charge in [0, 0.05) is 34.1 Å². The molecule has 2 aliphatic heterocycles. The summed E-state index contributed by atoms with van der Waals surface area (Å²) in [6.07, 6.45) is -3.35. The van der Waals surface area contributed by atoms with Crippen LogP contribution in [0.3, 0.4) is 0 Å². The second-order valence-electron chi connectivity index (χ2n) is 7.28. The van der Waals surface area contributed by atoms with Gasteiger partial charge in [0.15, 0.2) is 24.0 Å². The summed E-state index contributed by atoms with van der Waals surface area (Å²) < 4.78 is 27.3. The van der Waals surface area contributed by atoms with Crippen molar-refractivity contribution in [2.75, 3.05) is 6.61 Å². The second-order valence-corrected chi connectivity index (χ2v) is 7.28. The minimum atomic E-state index is -1.55. The van der Waals surface area contributed by atoms with Crippen LogP contribution in [0.25, 0.3) is 0 Å². The topological polar surface area (TPSA) is 144 Å². The molecule has 0 aromatic carbocycles. The molecule has 2 aliphatic rings. The highest BCUT2D eigenvalue weighted by Gasteiger charge is 2.60. The average Bonchev–Trinajstić information content (AvgIpc) is 2.80. The smallest absolute Gasteiger partial charge is 0.303 e. The van der Waals surface area contributed by atoms with Crippen LogP contribution in [-0.4, -0.2) is 66.5 Å². The molecule has 0 aromatic heterocycles. The van der Waals surface area contributed by atoms with Crippen LogP contribution < -0.4 is 5.32 Å². The molecule has 0 radical (unpaired) electrons. The lowest BCUT2D eigenvalue weighted by Gasteiger charge is -2.51. The Balaban J connectivity index is 2.54. The number of carbonyl (C=O) groups is 5. The molecule has 2 saturated heterocycles. The van der Waals surface area contributed by atoms with E-state index in [2.05, 4.69) is 5.32 Å². The maximum atomic E-state index is 12.3. The molecule has 2 fully saturated rings. The van der Waals surface area contributed by atoms with E-state index in [4.69, 9.17) is 23.7 Å². The maximum absolute atomic E-state index is 12.3. The number of rotatable bonds is 5. The molecule has 11 heteroatoms. The molecule has 5 atom stereocenters. The first-order valence-corrected chi connectivity index (χ1v) is 9.68. The molecule has 11 nitrogen and oxygen atoms in total. The third-order valence-electron chi connectivity index (χ3n) is 4.71. The number of hydrogen-bond donors (Lipinski definition) is 1. The van der Waals surface area contributed by atoms with Gasteiger partial charge in [-0.25, -0.2) is 0 Å².